The number of nitrogens with zero attached hydrogens (tertiary/aromatic N) is 8. The van der Waals surface area contributed by atoms with Gasteiger partial charge in [0, 0.05) is 18.7 Å². The van der Waals surface area contributed by atoms with Gasteiger partial charge in [-0.2, -0.15) is 9.48 Å². The maximum atomic E-state index is 12.1. The lowest BCUT2D eigenvalue weighted by Crippen LogP contribution is -2.50. The van der Waals surface area contributed by atoms with Gasteiger partial charge in [0.25, 0.3) is 5.95 Å². The van der Waals surface area contributed by atoms with E-state index in [0.717, 1.165) is 31.4 Å². The van der Waals surface area contributed by atoms with Gasteiger partial charge in [-0.1, -0.05) is 35.4 Å². The SMILES string of the molecule is O=C(O)[C@@H]1C[C@H]2C[C@@H](CN3C[C@@H](n4nnc(-n5cnc(-c6ccccc6)n5)n4)C[C@H]3C(=O)O)CC[C@H]2CN1. The summed E-state index contributed by atoms with van der Waals surface area (Å²) < 4.78 is 1.47. The minimum absolute atomic E-state index is 0.221. The molecule has 1 aliphatic carbocycles. The molecule has 4 heterocycles. The molecule has 2 aliphatic heterocycles. The molecule has 3 aliphatic rings. The molecule has 3 aromatic rings. The van der Waals surface area contributed by atoms with Crippen molar-refractivity contribution >= 4 is 11.9 Å². The molecule has 2 saturated heterocycles. The van der Waals surface area contributed by atoms with E-state index in [1.165, 1.54) is 15.8 Å². The number of carboxylic acids is 2. The van der Waals surface area contributed by atoms with E-state index in [0.29, 0.717) is 49.5 Å². The Morgan fingerprint density at radius 3 is 2.63 bits per heavy atom. The minimum atomic E-state index is -0.849. The first-order valence-corrected chi connectivity index (χ1v) is 13.1. The zero-order valence-corrected chi connectivity index (χ0v) is 20.9. The summed E-state index contributed by atoms with van der Waals surface area (Å²) >= 11 is 0. The van der Waals surface area contributed by atoms with Crippen molar-refractivity contribution < 1.29 is 19.8 Å². The van der Waals surface area contributed by atoms with Gasteiger partial charge >= 0.3 is 11.9 Å². The number of hydrogen-bond acceptors (Lipinski definition) is 9. The summed E-state index contributed by atoms with van der Waals surface area (Å²) in [5.41, 5.74) is 0.881. The van der Waals surface area contributed by atoms with E-state index in [4.69, 9.17) is 0 Å². The van der Waals surface area contributed by atoms with Crippen LogP contribution in [0, 0.1) is 17.8 Å². The van der Waals surface area contributed by atoms with Crippen molar-refractivity contribution in [3.63, 3.8) is 0 Å². The molecule has 38 heavy (non-hydrogen) atoms. The van der Waals surface area contributed by atoms with Crippen LogP contribution in [0.2, 0.25) is 0 Å². The van der Waals surface area contributed by atoms with Crippen molar-refractivity contribution in [2.45, 2.75) is 50.2 Å². The molecular weight excluding hydrogens is 490 g/mol. The highest BCUT2D eigenvalue weighted by molar-refractivity contribution is 5.74. The van der Waals surface area contributed by atoms with Crippen LogP contribution in [0.3, 0.4) is 0 Å². The lowest BCUT2D eigenvalue weighted by molar-refractivity contribution is -0.143. The van der Waals surface area contributed by atoms with Gasteiger partial charge in [0.1, 0.15) is 18.4 Å². The van der Waals surface area contributed by atoms with E-state index in [1.807, 2.05) is 35.2 Å². The number of rotatable bonds is 7. The number of likely N-dealkylation sites (tertiary alicyclic amines) is 1. The Balaban J connectivity index is 1.12. The summed E-state index contributed by atoms with van der Waals surface area (Å²) in [5, 5.41) is 39.8. The molecular formula is C25H31N9O4. The maximum absolute atomic E-state index is 12.1. The van der Waals surface area contributed by atoms with Crippen LogP contribution in [0.4, 0.5) is 0 Å². The zero-order valence-electron chi connectivity index (χ0n) is 20.9. The first-order valence-electron chi connectivity index (χ1n) is 13.1. The molecule has 3 fully saturated rings. The highest BCUT2D eigenvalue weighted by atomic mass is 16.4. The van der Waals surface area contributed by atoms with Crippen LogP contribution in [-0.2, 0) is 9.59 Å². The number of carboxylic acid groups (broad SMARTS) is 2. The molecule has 13 heteroatoms. The van der Waals surface area contributed by atoms with Crippen LogP contribution in [-0.4, -0.2) is 93.7 Å². The van der Waals surface area contributed by atoms with E-state index >= 15 is 0 Å². The predicted molar refractivity (Wildman–Crippen MR) is 133 cm³/mol. The van der Waals surface area contributed by atoms with Crippen LogP contribution < -0.4 is 5.32 Å². The average Bonchev–Trinajstić information content (AvgIpc) is 3.68. The van der Waals surface area contributed by atoms with Crippen molar-refractivity contribution in [1.29, 1.82) is 0 Å². The first-order chi connectivity index (χ1) is 18.4. The summed E-state index contributed by atoms with van der Waals surface area (Å²) in [4.78, 5) is 31.5. The Labute approximate surface area is 218 Å². The second-order valence-corrected chi connectivity index (χ2v) is 10.7. The number of nitrogens with one attached hydrogen (secondary N) is 1. The summed E-state index contributed by atoms with van der Waals surface area (Å²) in [5.74, 6) is 0.399. The smallest absolute Gasteiger partial charge is 0.321 e. The van der Waals surface area contributed by atoms with E-state index in [1.54, 1.807) is 0 Å². The summed E-state index contributed by atoms with van der Waals surface area (Å²) in [7, 11) is 0. The molecule has 6 atom stereocenters. The Morgan fingerprint density at radius 1 is 1.00 bits per heavy atom. The maximum Gasteiger partial charge on any atom is 0.321 e. The lowest BCUT2D eigenvalue weighted by Gasteiger charge is -2.42. The van der Waals surface area contributed by atoms with Gasteiger partial charge < -0.3 is 15.5 Å². The highest BCUT2D eigenvalue weighted by Crippen LogP contribution is 2.40. The van der Waals surface area contributed by atoms with Crippen molar-refractivity contribution in [2.24, 2.45) is 17.8 Å². The van der Waals surface area contributed by atoms with E-state index in [-0.39, 0.29) is 12.0 Å². The summed E-state index contributed by atoms with van der Waals surface area (Å²) in [6.45, 7) is 1.94. The van der Waals surface area contributed by atoms with Gasteiger partial charge in [0.15, 0.2) is 5.82 Å². The van der Waals surface area contributed by atoms with Gasteiger partial charge in [0.2, 0.25) is 0 Å². The first kappa shape index (κ1) is 24.6. The third-order valence-corrected chi connectivity index (χ3v) is 8.34. The van der Waals surface area contributed by atoms with Gasteiger partial charge in [-0.3, -0.25) is 14.5 Å². The topological polar surface area (TPSA) is 164 Å². The Kier molecular flexibility index (Phi) is 6.62. The minimum Gasteiger partial charge on any atom is -0.480 e. The van der Waals surface area contributed by atoms with Gasteiger partial charge in [0.05, 0.1) is 6.04 Å². The van der Waals surface area contributed by atoms with Crippen molar-refractivity contribution in [3.05, 3.63) is 36.7 Å². The largest absolute Gasteiger partial charge is 0.480 e. The highest BCUT2D eigenvalue weighted by Gasteiger charge is 2.42. The quantitative estimate of drug-likeness (QED) is 0.408. The van der Waals surface area contributed by atoms with Crippen LogP contribution in [0.15, 0.2) is 36.7 Å². The van der Waals surface area contributed by atoms with Crippen molar-refractivity contribution in [3.8, 4) is 17.3 Å². The summed E-state index contributed by atoms with van der Waals surface area (Å²) in [6.07, 6.45) is 5.57. The van der Waals surface area contributed by atoms with Gasteiger partial charge in [-0.25, -0.2) is 4.98 Å². The van der Waals surface area contributed by atoms with E-state index in [9.17, 15) is 19.8 Å². The molecule has 2 aromatic heterocycles. The van der Waals surface area contributed by atoms with E-state index < -0.39 is 24.0 Å². The number of carbonyl (C=O) groups is 2. The monoisotopic (exact) mass is 521 g/mol. The molecule has 0 spiro atoms. The number of benzene rings is 1. The van der Waals surface area contributed by atoms with Crippen LogP contribution in [0.25, 0.3) is 17.3 Å². The Bertz CT molecular complexity index is 1290. The fourth-order valence-electron chi connectivity index (χ4n) is 6.39. The number of hydrogen-bond donors (Lipinski definition) is 3. The van der Waals surface area contributed by atoms with Gasteiger partial charge in [-0.15, -0.1) is 10.2 Å². The zero-order chi connectivity index (χ0) is 26.2. The predicted octanol–water partition coefficient (Wildman–Crippen LogP) is 1.10. The molecule has 3 N–H and O–H groups in total. The number of aliphatic carboxylic acids is 2. The molecule has 0 radical (unpaired) electrons. The standard InChI is InChI=1S/C25H31N9O4/c35-23(36)20-9-18-8-15(6-7-17(18)11-26-20)12-32-13-19(10-21(32)24(37)38)34-30-25(28-31-34)33-14-27-22(29-33)16-4-2-1-3-5-16/h1-5,14-15,17-21,26H,6-13H2,(H,35,36)(H,37,38)/t15-,17-,18+,19-,20-,21-/m0/s1. The van der Waals surface area contributed by atoms with Crippen LogP contribution in [0.1, 0.15) is 38.1 Å². The van der Waals surface area contributed by atoms with Crippen molar-refractivity contribution in [1.82, 2.24) is 45.2 Å². The fraction of sp³-hybridized carbons (Fsp3) is 0.560. The number of fused-ring (bicyclic) bond motifs is 1. The third-order valence-electron chi connectivity index (χ3n) is 8.34. The second kappa shape index (κ2) is 10.2. The van der Waals surface area contributed by atoms with Crippen molar-refractivity contribution in [2.75, 3.05) is 19.6 Å². The molecule has 1 aromatic carbocycles. The molecule has 6 rings (SSSR count). The Hall–Kier alpha value is -3.71. The summed E-state index contributed by atoms with van der Waals surface area (Å²) in [6, 6.07) is 8.27. The fourth-order valence-corrected chi connectivity index (χ4v) is 6.39. The van der Waals surface area contributed by atoms with Crippen LogP contribution in [0.5, 0.6) is 0 Å². The molecule has 0 unspecified atom stereocenters. The number of piperidine rings is 1. The molecule has 200 valence electrons. The molecule has 13 nitrogen and oxygen atoms in total. The molecule has 0 amide bonds. The molecule has 1 saturated carbocycles. The van der Waals surface area contributed by atoms with E-state index in [2.05, 4.69) is 30.8 Å². The molecule has 0 bridgehead atoms. The van der Waals surface area contributed by atoms with Crippen LogP contribution >= 0.6 is 0 Å². The third kappa shape index (κ3) is 4.90. The Morgan fingerprint density at radius 2 is 1.84 bits per heavy atom. The lowest BCUT2D eigenvalue weighted by atomic mass is 9.69. The number of aromatic nitrogens is 7. The number of tetrazole rings is 1. The second-order valence-electron chi connectivity index (χ2n) is 10.7. The average molecular weight is 522 g/mol. The normalized spacial score (nSPS) is 29.7. The van der Waals surface area contributed by atoms with Gasteiger partial charge in [-0.05, 0) is 61.6 Å².